The smallest absolute Gasteiger partial charge is 0.273 e. The van der Waals surface area contributed by atoms with Crippen LogP contribution in [0.1, 0.15) is 40.6 Å². The van der Waals surface area contributed by atoms with Crippen LogP contribution < -0.4 is 5.73 Å². The van der Waals surface area contributed by atoms with E-state index in [4.69, 9.17) is 11.0 Å². The Hall–Kier alpha value is -2.86. The molecular weight excluding hydrogens is 389 g/mol. The van der Waals surface area contributed by atoms with Crippen LogP contribution in [0, 0.1) is 17.1 Å². The van der Waals surface area contributed by atoms with Crippen LogP contribution in [0.2, 0.25) is 0 Å². The average molecular weight is 406 g/mol. The van der Waals surface area contributed by atoms with Gasteiger partial charge in [-0.2, -0.15) is 5.26 Å². The van der Waals surface area contributed by atoms with Crippen molar-refractivity contribution in [1.29, 1.82) is 5.26 Å². The molecule has 0 fully saturated rings. The summed E-state index contributed by atoms with van der Waals surface area (Å²) in [6.45, 7) is 2.26. The van der Waals surface area contributed by atoms with E-state index in [1.54, 1.807) is 19.1 Å². The topological polar surface area (TPSA) is 82.5 Å². The Kier molecular flexibility index (Phi) is 4.71. The molecule has 2 atom stereocenters. The first-order valence-corrected chi connectivity index (χ1v) is 9.11. The van der Waals surface area contributed by atoms with Gasteiger partial charge in [-0.15, -0.1) is 11.3 Å². The van der Waals surface area contributed by atoms with Crippen LogP contribution in [0.4, 0.5) is 13.2 Å². The summed E-state index contributed by atoms with van der Waals surface area (Å²) in [5.41, 5.74) is 4.13. The van der Waals surface area contributed by atoms with E-state index in [1.807, 2.05) is 6.07 Å². The van der Waals surface area contributed by atoms with Crippen molar-refractivity contribution in [3.8, 4) is 6.07 Å². The van der Waals surface area contributed by atoms with E-state index in [-0.39, 0.29) is 11.5 Å². The number of benzene rings is 1. The monoisotopic (exact) mass is 406 g/mol. The van der Waals surface area contributed by atoms with Gasteiger partial charge in [-0.25, -0.2) is 18.2 Å². The first kappa shape index (κ1) is 19.9. The number of hydrogen-bond donors (Lipinski definition) is 1. The Morgan fingerprint density at radius 3 is 2.57 bits per heavy atom. The summed E-state index contributed by atoms with van der Waals surface area (Å²) in [5, 5.41) is 9.11. The molecule has 0 saturated carbocycles. The molecule has 2 heterocycles. The third-order valence-electron chi connectivity index (χ3n) is 4.84. The van der Waals surface area contributed by atoms with Gasteiger partial charge in [-0.1, -0.05) is 6.07 Å². The summed E-state index contributed by atoms with van der Waals surface area (Å²) in [6.07, 6.45) is 0. The lowest BCUT2D eigenvalue weighted by atomic mass is 9.77. The van der Waals surface area contributed by atoms with Gasteiger partial charge < -0.3 is 5.73 Å². The highest BCUT2D eigenvalue weighted by atomic mass is 32.1. The van der Waals surface area contributed by atoms with Gasteiger partial charge >= 0.3 is 0 Å². The second-order valence-corrected chi connectivity index (χ2v) is 7.93. The Balaban J connectivity index is 2.19. The van der Waals surface area contributed by atoms with Crippen molar-refractivity contribution in [2.75, 3.05) is 7.05 Å². The van der Waals surface area contributed by atoms with E-state index in [0.29, 0.717) is 16.7 Å². The number of nitrogens with two attached hydrogens (primary N) is 1. The molecule has 1 aliphatic heterocycles. The van der Waals surface area contributed by atoms with Gasteiger partial charge in [0.2, 0.25) is 5.91 Å². The van der Waals surface area contributed by atoms with E-state index >= 15 is 0 Å². The Morgan fingerprint density at radius 2 is 2.04 bits per heavy atom. The summed E-state index contributed by atoms with van der Waals surface area (Å²) >= 11 is 1.15. The van der Waals surface area contributed by atoms with Gasteiger partial charge in [0.15, 0.2) is 5.96 Å². The van der Waals surface area contributed by atoms with Crippen LogP contribution in [-0.2, 0) is 16.3 Å². The average Bonchev–Trinajstić information content (AvgIpc) is 3.09. The van der Waals surface area contributed by atoms with Gasteiger partial charge in [-0.05, 0) is 36.8 Å². The molecule has 0 aliphatic carbocycles. The highest BCUT2D eigenvalue weighted by Crippen LogP contribution is 2.46. The fraction of sp³-hybridized carbons (Fsp3) is 0.316. The third kappa shape index (κ3) is 3.14. The molecule has 0 radical (unpaired) electrons. The Bertz CT molecular complexity index is 1020. The fourth-order valence-electron chi connectivity index (χ4n) is 3.33. The molecule has 2 aromatic rings. The van der Waals surface area contributed by atoms with E-state index in [9.17, 15) is 18.0 Å². The summed E-state index contributed by atoms with van der Waals surface area (Å²) < 4.78 is 41.5. The van der Waals surface area contributed by atoms with Crippen molar-refractivity contribution < 1.29 is 18.0 Å². The number of likely N-dealkylation sites (N-methyl/N-ethyl adjacent to an activating group) is 1. The SMILES string of the molecule is CN1C(=O)C(c2ccc(C(C)(F)F)c(F)c2)[C@@](C)(c2ccc(C#N)s2)N=C1N. The zero-order chi connectivity index (χ0) is 20.9. The molecule has 0 bridgehead atoms. The maximum atomic E-state index is 14.4. The molecule has 9 heteroatoms. The molecule has 1 aromatic heterocycles. The van der Waals surface area contributed by atoms with E-state index in [0.717, 1.165) is 28.4 Å². The van der Waals surface area contributed by atoms with E-state index in [2.05, 4.69) is 4.99 Å². The first-order chi connectivity index (χ1) is 13.0. The van der Waals surface area contributed by atoms with Crippen molar-refractivity contribution in [2.24, 2.45) is 10.7 Å². The largest absolute Gasteiger partial charge is 0.369 e. The molecule has 1 unspecified atom stereocenters. The molecule has 5 nitrogen and oxygen atoms in total. The number of carbonyl (C=O) groups is 1. The molecule has 2 N–H and O–H groups in total. The maximum absolute atomic E-state index is 14.4. The highest BCUT2D eigenvalue weighted by molar-refractivity contribution is 7.12. The van der Waals surface area contributed by atoms with Crippen molar-refractivity contribution in [1.82, 2.24) is 4.90 Å². The normalized spacial score (nSPS) is 22.8. The number of thiophene rings is 1. The van der Waals surface area contributed by atoms with Crippen LogP contribution >= 0.6 is 11.3 Å². The molecule has 0 spiro atoms. The number of carbonyl (C=O) groups excluding carboxylic acids is 1. The Morgan fingerprint density at radius 1 is 1.36 bits per heavy atom. The second kappa shape index (κ2) is 6.63. The molecule has 3 rings (SSSR count). The number of guanidine groups is 1. The lowest BCUT2D eigenvalue weighted by Crippen LogP contribution is -2.52. The molecule has 1 amide bonds. The quantitative estimate of drug-likeness (QED) is 0.845. The maximum Gasteiger partial charge on any atom is 0.273 e. The third-order valence-corrected chi connectivity index (χ3v) is 6.06. The van der Waals surface area contributed by atoms with Gasteiger partial charge in [-0.3, -0.25) is 9.69 Å². The number of nitriles is 1. The lowest BCUT2D eigenvalue weighted by Gasteiger charge is -2.40. The molecule has 28 heavy (non-hydrogen) atoms. The standard InChI is InChI=1S/C19H17F3N4OS/c1-18(14-7-5-11(9-23)28-14)15(16(27)26(3)17(24)25-18)10-4-6-12(13(20)8-10)19(2,21)22/h4-8,15H,1-3H3,(H2,24,25)/t15?,18-/m1/s1. The first-order valence-electron chi connectivity index (χ1n) is 8.30. The van der Waals surface area contributed by atoms with Crippen LogP contribution in [-0.4, -0.2) is 23.8 Å². The number of rotatable bonds is 3. The molecule has 146 valence electrons. The Labute approximate surface area is 163 Å². The van der Waals surface area contributed by atoms with Gasteiger partial charge in [0.05, 0.1) is 11.5 Å². The number of aliphatic imine (C=N–C) groups is 1. The minimum Gasteiger partial charge on any atom is -0.369 e. The molecule has 0 saturated heterocycles. The molecule has 1 aromatic carbocycles. The van der Waals surface area contributed by atoms with Crippen LogP contribution in [0.15, 0.2) is 35.3 Å². The van der Waals surface area contributed by atoms with Crippen LogP contribution in [0.3, 0.4) is 0 Å². The number of halogens is 3. The second-order valence-electron chi connectivity index (χ2n) is 6.85. The number of hydrogen-bond acceptors (Lipinski definition) is 5. The fourth-order valence-corrected chi connectivity index (χ4v) is 4.25. The summed E-state index contributed by atoms with van der Waals surface area (Å²) in [4.78, 5) is 19.6. The van der Waals surface area contributed by atoms with Crippen LogP contribution in [0.5, 0.6) is 0 Å². The number of alkyl halides is 2. The van der Waals surface area contributed by atoms with E-state index < -0.39 is 34.7 Å². The summed E-state index contributed by atoms with van der Waals surface area (Å²) in [5.74, 6) is -5.92. The van der Waals surface area contributed by atoms with Gasteiger partial charge in [0.1, 0.15) is 22.3 Å². The van der Waals surface area contributed by atoms with Crippen molar-refractivity contribution in [2.45, 2.75) is 31.2 Å². The van der Waals surface area contributed by atoms with Crippen molar-refractivity contribution >= 4 is 23.2 Å². The zero-order valence-corrected chi connectivity index (χ0v) is 16.1. The van der Waals surface area contributed by atoms with Crippen LogP contribution in [0.25, 0.3) is 0 Å². The van der Waals surface area contributed by atoms with E-state index in [1.165, 1.54) is 13.1 Å². The number of nitrogens with zero attached hydrogens (tertiary/aromatic N) is 3. The number of amides is 1. The lowest BCUT2D eigenvalue weighted by molar-refractivity contribution is -0.130. The zero-order valence-electron chi connectivity index (χ0n) is 15.3. The van der Waals surface area contributed by atoms with Gasteiger partial charge in [0.25, 0.3) is 5.92 Å². The minimum atomic E-state index is -3.35. The predicted octanol–water partition coefficient (Wildman–Crippen LogP) is 3.66. The molecular formula is C19H17F3N4OS. The van der Waals surface area contributed by atoms with Crippen molar-refractivity contribution in [3.63, 3.8) is 0 Å². The highest BCUT2D eigenvalue weighted by Gasteiger charge is 2.48. The minimum absolute atomic E-state index is 0.0205. The molecule has 1 aliphatic rings. The summed E-state index contributed by atoms with van der Waals surface area (Å²) in [7, 11) is 1.44. The summed E-state index contributed by atoms with van der Waals surface area (Å²) in [6, 6.07) is 8.51. The van der Waals surface area contributed by atoms with Gasteiger partial charge in [0, 0.05) is 18.8 Å². The predicted molar refractivity (Wildman–Crippen MR) is 99.5 cm³/mol. The van der Waals surface area contributed by atoms with Crippen molar-refractivity contribution in [3.05, 3.63) is 57.0 Å².